The largest absolute Gasteiger partial charge is 0.485 e. The summed E-state index contributed by atoms with van der Waals surface area (Å²) >= 11 is 0. The van der Waals surface area contributed by atoms with Crippen LogP contribution in [0.2, 0.25) is 0 Å². The Morgan fingerprint density at radius 1 is 1.07 bits per heavy atom. The van der Waals surface area contributed by atoms with Gasteiger partial charge >= 0.3 is 5.97 Å². The molecule has 1 fully saturated rings. The fraction of sp³-hybridized carbons (Fsp3) is 0.391. The number of para-hydroxylation sites is 1. The maximum atomic E-state index is 13.9. The van der Waals surface area contributed by atoms with Crippen LogP contribution in [-0.2, 0) is 14.9 Å². The van der Waals surface area contributed by atoms with Crippen molar-refractivity contribution in [2.75, 3.05) is 13.7 Å². The number of halogens is 1. The van der Waals surface area contributed by atoms with E-state index in [1.165, 1.54) is 24.1 Å². The summed E-state index contributed by atoms with van der Waals surface area (Å²) in [5, 5.41) is 0. The van der Waals surface area contributed by atoms with Gasteiger partial charge in [-0.1, -0.05) is 45.0 Å². The third-order valence-corrected chi connectivity index (χ3v) is 5.12. The Bertz CT molecular complexity index is 888. The monoisotopic (exact) mass is 399 g/mol. The van der Waals surface area contributed by atoms with E-state index in [0.717, 1.165) is 5.56 Å². The van der Waals surface area contributed by atoms with E-state index in [1.54, 1.807) is 24.3 Å². The molecule has 0 spiro atoms. The van der Waals surface area contributed by atoms with Crippen molar-refractivity contribution in [2.24, 2.45) is 0 Å². The normalized spacial score (nSPS) is 19.1. The van der Waals surface area contributed by atoms with E-state index in [-0.39, 0.29) is 30.0 Å². The molecule has 154 valence electrons. The van der Waals surface area contributed by atoms with Crippen molar-refractivity contribution in [3.63, 3.8) is 0 Å². The molecule has 5 nitrogen and oxygen atoms in total. The first-order valence-corrected chi connectivity index (χ1v) is 9.61. The minimum Gasteiger partial charge on any atom is -0.485 e. The number of carbonyl (C=O) groups excluding carboxylic acids is 2. The van der Waals surface area contributed by atoms with E-state index >= 15 is 0 Å². The lowest BCUT2D eigenvalue weighted by Crippen LogP contribution is -2.41. The highest BCUT2D eigenvalue weighted by atomic mass is 19.1. The molecule has 1 amide bonds. The average Bonchev–Trinajstić information content (AvgIpc) is 3.12. The van der Waals surface area contributed by atoms with Gasteiger partial charge in [-0.25, -0.2) is 9.18 Å². The minimum atomic E-state index is -0.772. The molecule has 1 saturated heterocycles. The molecule has 2 aromatic rings. The maximum absolute atomic E-state index is 13.9. The van der Waals surface area contributed by atoms with Crippen LogP contribution in [0.3, 0.4) is 0 Å². The second-order valence-electron chi connectivity index (χ2n) is 8.23. The fourth-order valence-corrected chi connectivity index (χ4v) is 3.47. The predicted octanol–water partition coefficient (Wildman–Crippen LogP) is 3.96. The van der Waals surface area contributed by atoms with Crippen molar-refractivity contribution < 1.29 is 23.5 Å². The minimum absolute atomic E-state index is 0.0253. The number of hydrogen-bond acceptors (Lipinski definition) is 4. The maximum Gasteiger partial charge on any atom is 0.328 e. The Balaban J connectivity index is 1.80. The molecule has 29 heavy (non-hydrogen) atoms. The summed E-state index contributed by atoms with van der Waals surface area (Å²) in [5.74, 6) is -1.17. The molecule has 1 aliphatic rings. The van der Waals surface area contributed by atoms with Crippen molar-refractivity contribution in [2.45, 2.75) is 44.8 Å². The molecule has 2 unspecified atom stereocenters. The van der Waals surface area contributed by atoms with Gasteiger partial charge in [-0.3, -0.25) is 4.79 Å². The van der Waals surface area contributed by atoms with Gasteiger partial charge in [0.15, 0.2) is 11.6 Å². The van der Waals surface area contributed by atoms with E-state index in [1.807, 2.05) is 12.1 Å². The zero-order valence-electron chi connectivity index (χ0n) is 17.1. The first-order valence-electron chi connectivity index (χ1n) is 9.61. The number of carbonyl (C=O) groups is 2. The summed E-state index contributed by atoms with van der Waals surface area (Å²) in [6.45, 7) is 6.47. The van der Waals surface area contributed by atoms with Crippen LogP contribution in [0.15, 0.2) is 48.5 Å². The van der Waals surface area contributed by atoms with E-state index < -0.39 is 23.9 Å². The molecule has 0 saturated carbocycles. The summed E-state index contributed by atoms with van der Waals surface area (Å²) in [6.07, 6.45) is -0.263. The number of likely N-dealkylation sites (tertiary alicyclic amines) is 1. The molecule has 0 aromatic heterocycles. The lowest BCUT2D eigenvalue weighted by molar-refractivity contribution is -0.145. The zero-order valence-corrected chi connectivity index (χ0v) is 17.1. The van der Waals surface area contributed by atoms with Gasteiger partial charge in [0.25, 0.3) is 5.91 Å². The molecule has 1 heterocycles. The number of esters is 1. The van der Waals surface area contributed by atoms with Crippen molar-refractivity contribution in [3.05, 3.63) is 65.5 Å². The average molecular weight is 399 g/mol. The van der Waals surface area contributed by atoms with E-state index in [0.29, 0.717) is 5.56 Å². The number of amides is 1. The second kappa shape index (κ2) is 8.23. The van der Waals surface area contributed by atoms with Crippen LogP contribution in [0.5, 0.6) is 5.75 Å². The van der Waals surface area contributed by atoms with Crippen molar-refractivity contribution >= 4 is 11.9 Å². The molecule has 3 rings (SSSR count). The predicted molar refractivity (Wildman–Crippen MR) is 107 cm³/mol. The van der Waals surface area contributed by atoms with Crippen LogP contribution >= 0.6 is 0 Å². The topological polar surface area (TPSA) is 55.8 Å². The van der Waals surface area contributed by atoms with Gasteiger partial charge in [0.05, 0.1) is 13.7 Å². The summed E-state index contributed by atoms with van der Waals surface area (Å²) in [4.78, 5) is 26.8. The lowest BCUT2D eigenvalue weighted by Gasteiger charge is -2.23. The van der Waals surface area contributed by atoms with E-state index in [4.69, 9.17) is 9.47 Å². The van der Waals surface area contributed by atoms with Crippen molar-refractivity contribution in [1.29, 1.82) is 0 Å². The van der Waals surface area contributed by atoms with Gasteiger partial charge in [-0.15, -0.1) is 0 Å². The third-order valence-electron chi connectivity index (χ3n) is 5.12. The standard InChI is InChI=1S/C23H26FNO4/c1-23(2,3)16-11-9-15(10-12-16)21(26)25-14-17(13-19(25)22(27)28-4)29-20-8-6-5-7-18(20)24/h5-12,17,19H,13-14H2,1-4H3. The lowest BCUT2D eigenvalue weighted by atomic mass is 9.86. The van der Waals surface area contributed by atoms with Crippen LogP contribution in [0, 0.1) is 5.82 Å². The first-order chi connectivity index (χ1) is 13.7. The van der Waals surface area contributed by atoms with Gasteiger partial charge in [0.1, 0.15) is 12.1 Å². The van der Waals surface area contributed by atoms with Crippen LogP contribution < -0.4 is 4.74 Å². The number of nitrogens with zero attached hydrogens (tertiary/aromatic N) is 1. The van der Waals surface area contributed by atoms with Crippen LogP contribution in [0.1, 0.15) is 43.1 Å². The number of rotatable bonds is 4. The highest BCUT2D eigenvalue weighted by Crippen LogP contribution is 2.28. The smallest absolute Gasteiger partial charge is 0.328 e. The molecule has 0 N–H and O–H groups in total. The number of ether oxygens (including phenoxy) is 2. The molecule has 0 radical (unpaired) electrons. The highest BCUT2D eigenvalue weighted by molar-refractivity contribution is 5.97. The highest BCUT2D eigenvalue weighted by Gasteiger charge is 2.42. The molecular weight excluding hydrogens is 373 g/mol. The van der Waals surface area contributed by atoms with Gasteiger partial charge in [-0.05, 0) is 35.2 Å². The van der Waals surface area contributed by atoms with Crippen LogP contribution in [0.25, 0.3) is 0 Å². The first kappa shape index (κ1) is 20.8. The van der Waals surface area contributed by atoms with E-state index in [2.05, 4.69) is 20.8 Å². The zero-order chi connectivity index (χ0) is 21.2. The Hall–Kier alpha value is -2.89. The molecule has 2 aromatic carbocycles. The van der Waals surface area contributed by atoms with Gasteiger partial charge < -0.3 is 14.4 Å². The van der Waals surface area contributed by atoms with Crippen LogP contribution in [0.4, 0.5) is 4.39 Å². The summed E-state index contributed by atoms with van der Waals surface area (Å²) in [7, 11) is 1.29. The Kier molecular flexibility index (Phi) is 5.91. The number of hydrogen-bond donors (Lipinski definition) is 0. The van der Waals surface area contributed by atoms with Gasteiger partial charge in [0, 0.05) is 12.0 Å². The quantitative estimate of drug-likeness (QED) is 0.731. The molecular formula is C23H26FNO4. The van der Waals surface area contributed by atoms with Crippen molar-refractivity contribution in [3.8, 4) is 5.75 Å². The molecule has 0 bridgehead atoms. The third kappa shape index (κ3) is 4.58. The Morgan fingerprint density at radius 2 is 1.72 bits per heavy atom. The molecule has 0 aliphatic carbocycles. The summed E-state index contributed by atoms with van der Waals surface area (Å²) in [6, 6.07) is 12.7. The van der Waals surface area contributed by atoms with E-state index in [9.17, 15) is 14.0 Å². The van der Waals surface area contributed by atoms with Crippen molar-refractivity contribution in [1.82, 2.24) is 4.90 Å². The molecule has 6 heteroatoms. The van der Waals surface area contributed by atoms with Gasteiger partial charge in [0.2, 0.25) is 0 Å². The van der Waals surface area contributed by atoms with Crippen LogP contribution in [-0.4, -0.2) is 42.6 Å². The van der Waals surface area contributed by atoms with Gasteiger partial charge in [-0.2, -0.15) is 0 Å². The summed E-state index contributed by atoms with van der Waals surface area (Å²) in [5.41, 5.74) is 1.57. The summed E-state index contributed by atoms with van der Waals surface area (Å²) < 4.78 is 24.5. The Morgan fingerprint density at radius 3 is 2.31 bits per heavy atom. The fourth-order valence-electron chi connectivity index (χ4n) is 3.47. The number of benzene rings is 2. The second-order valence-corrected chi connectivity index (χ2v) is 8.23. The molecule has 1 aliphatic heterocycles. The molecule has 2 atom stereocenters. The SMILES string of the molecule is COC(=O)C1CC(Oc2ccccc2F)CN1C(=O)c1ccc(C(C)(C)C)cc1. The Labute approximate surface area is 170 Å². The number of methoxy groups -OCH3 is 1.